The highest BCUT2D eigenvalue weighted by Gasteiger charge is 2.18. The molecule has 0 amide bonds. The fourth-order valence-electron chi connectivity index (χ4n) is 3.30. The number of carboxylic acids is 1. The second kappa shape index (κ2) is 6.08. The summed E-state index contributed by atoms with van der Waals surface area (Å²) < 4.78 is 6.62. The largest absolute Gasteiger partial charge is 0.480 e. The first-order valence-electron chi connectivity index (χ1n) is 8.16. The Hall–Kier alpha value is -3.09. The Morgan fingerprint density at radius 2 is 2.12 bits per heavy atom. The number of carbonyl (C=O) groups is 1. The Labute approximate surface area is 143 Å². The lowest BCUT2D eigenvalue weighted by Crippen LogP contribution is -2.20. The average Bonchev–Trinajstić information content (AvgIpc) is 3.30. The van der Waals surface area contributed by atoms with Gasteiger partial charge in [0.25, 0.3) is 0 Å². The van der Waals surface area contributed by atoms with E-state index in [9.17, 15) is 14.7 Å². The number of furan rings is 1. The summed E-state index contributed by atoms with van der Waals surface area (Å²) in [6, 6.07) is 3.53. The number of aliphatic carboxylic acids is 1. The second-order valence-electron chi connectivity index (χ2n) is 6.16. The van der Waals surface area contributed by atoms with Crippen LogP contribution < -0.4 is 10.3 Å². The third kappa shape index (κ3) is 2.77. The topological polar surface area (TPSA) is 88.6 Å². The predicted molar refractivity (Wildman–Crippen MR) is 92.8 cm³/mol. The predicted octanol–water partition coefficient (Wildman–Crippen LogP) is 2.34. The van der Waals surface area contributed by atoms with Crippen LogP contribution in [-0.4, -0.2) is 33.7 Å². The van der Waals surface area contributed by atoms with Gasteiger partial charge in [0.05, 0.1) is 35.5 Å². The summed E-state index contributed by atoms with van der Waals surface area (Å²) in [5, 5.41) is 9.25. The molecule has 25 heavy (non-hydrogen) atoms. The summed E-state index contributed by atoms with van der Waals surface area (Å²) in [5.74, 6) is -0.977. The minimum Gasteiger partial charge on any atom is -0.480 e. The monoisotopic (exact) mass is 339 g/mol. The zero-order chi connectivity index (χ0) is 17.4. The Balaban J connectivity index is 1.94. The summed E-state index contributed by atoms with van der Waals surface area (Å²) in [7, 11) is 0. The van der Waals surface area contributed by atoms with Gasteiger partial charge >= 0.3 is 5.97 Å². The van der Waals surface area contributed by atoms with Gasteiger partial charge in [-0.15, -0.1) is 0 Å². The van der Waals surface area contributed by atoms with Crippen LogP contribution in [-0.2, 0) is 11.3 Å². The molecule has 4 heterocycles. The minimum absolute atomic E-state index is 0.231. The number of pyridine rings is 2. The van der Waals surface area contributed by atoms with E-state index in [0.717, 1.165) is 31.6 Å². The van der Waals surface area contributed by atoms with Crippen molar-refractivity contribution in [2.45, 2.75) is 19.4 Å². The summed E-state index contributed by atoms with van der Waals surface area (Å²) >= 11 is 0. The summed E-state index contributed by atoms with van der Waals surface area (Å²) in [4.78, 5) is 30.7. The van der Waals surface area contributed by atoms with Crippen LogP contribution in [0.15, 0.2) is 46.3 Å². The zero-order valence-corrected chi connectivity index (χ0v) is 13.5. The normalized spacial score (nSPS) is 14.3. The molecule has 0 atom stereocenters. The van der Waals surface area contributed by atoms with Gasteiger partial charge in [0.1, 0.15) is 12.1 Å². The van der Waals surface area contributed by atoms with Crippen molar-refractivity contribution in [3.63, 3.8) is 0 Å². The van der Waals surface area contributed by atoms with E-state index in [2.05, 4.69) is 9.88 Å². The van der Waals surface area contributed by atoms with Gasteiger partial charge in [0.15, 0.2) is 0 Å². The quantitative estimate of drug-likeness (QED) is 0.785. The number of aromatic nitrogens is 2. The minimum atomic E-state index is -0.977. The van der Waals surface area contributed by atoms with E-state index < -0.39 is 5.97 Å². The molecule has 0 radical (unpaired) electrons. The lowest BCUT2D eigenvalue weighted by Gasteiger charge is -2.19. The van der Waals surface area contributed by atoms with E-state index in [1.54, 1.807) is 23.0 Å². The van der Waals surface area contributed by atoms with E-state index >= 15 is 0 Å². The molecule has 3 aromatic rings. The molecule has 128 valence electrons. The lowest BCUT2D eigenvalue weighted by molar-refractivity contribution is -0.137. The van der Waals surface area contributed by atoms with Crippen molar-refractivity contribution < 1.29 is 14.3 Å². The van der Waals surface area contributed by atoms with Crippen LogP contribution in [0.3, 0.4) is 0 Å². The van der Waals surface area contributed by atoms with Crippen LogP contribution in [0.25, 0.3) is 22.2 Å². The highest BCUT2D eigenvalue weighted by atomic mass is 16.4. The van der Waals surface area contributed by atoms with Crippen molar-refractivity contribution in [2.24, 2.45) is 0 Å². The van der Waals surface area contributed by atoms with Gasteiger partial charge in [-0.25, -0.2) is 4.98 Å². The molecule has 0 unspecified atom stereocenters. The number of hydrogen-bond donors (Lipinski definition) is 1. The van der Waals surface area contributed by atoms with Crippen molar-refractivity contribution >= 4 is 22.7 Å². The van der Waals surface area contributed by atoms with Crippen molar-refractivity contribution in [1.82, 2.24) is 9.55 Å². The molecule has 7 heteroatoms. The molecule has 3 aromatic heterocycles. The molecule has 0 saturated carbocycles. The molecule has 0 spiro atoms. The molecular weight excluding hydrogens is 322 g/mol. The van der Waals surface area contributed by atoms with Crippen molar-refractivity contribution in [3.05, 3.63) is 47.3 Å². The summed E-state index contributed by atoms with van der Waals surface area (Å²) in [6.45, 7) is 1.65. The third-order valence-electron chi connectivity index (χ3n) is 4.52. The van der Waals surface area contributed by atoms with Crippen molar-refractivity contribution in [1.29, 1.82) is 0 Å². The Morgan fingerprint density at radius 3 is 2.80 bits per heavy atom. The highest BCUT2D eigenvalue weighted by Crippen LogP contribution is 2.25. The molecule has 1 N–H and O–H groups in total. The van der Waals surface area contributed by atoms with E-state index in [1.165, 1.54) is 12.5 Å². The second-order valence-corrected chi connectivity index (χ2v) is 6.16. The van der Waals surface area contributed by atoms with Gasteiger partial charge < -0.3 is 19.0 Å². The highest BCUT2D eigenvalue weighted by molar-refractivity contribution is 5.84. The molecule has 0 bridgehead atoms. The van der Waals surface area contributed by atoms with Crippen LogP contribution >= 0.6 is 0 Å². The van der Waals surface area contributed by atoms with E-state index in [0.29, 0.717) is 16.6 Å². The number of nitrogens with zero attached hydrogens (tertiary/aromatic N) is 3. The van der Waals surface area contributed by atoms with Gasteiger partial charge in [-0.05, 0) is 25.0 Å². The summed E-state index contributed by atoms with van der Waals surface area (Å²) in [5.41, 5.74) is 2.47. The maximum atomic E-state index is 12.8. The number of anilines is 1. The third-order valence-corrected chi connectivity index (χ3v) is 4.52. The van der Waals surface area contributed by atoms with Gasteiger partial charge in [-0.3, -0.25) is 9.59 Å². The van der Waals surface area contributed by atoms with Gasteiger partial charge in [0, 0.05) is 24.8 Å². The van der Waals surface area contributed by atoms with Crippen LogP contribution in [0.2, 0.25) is 0 Å². The van der Waals surface area contributed by atoms with Crippen molar-refractivity contribution in [3.8, 4) is 11.1 Å². The van der Waals surface area contributed by atoms with E-state index in [-0.39, 0.29) is 17.5 Å². The molecule has 1 aliphatic heterocycles. The Bertz CT molecular complexity index is 985. The van der Waals surface area contributed by atoms with Gasteiger partial charge in [-0.2, -0.15) is 0 Å². The first-order chi connectivity index (χ1) is 12.1. The number of hydrogen-bond acceptors (Lipinski definition) is 5. The van der Waals surface area contributed by atoms with Gasteiger partial charge in [0.2, 0.25) is 5.43 Å². The summed E-state index contributed by atoms with van der Waals surface area (Å²) in [6.07, 6.45) is 8.45. The fraction of sp³-hybridized carbons (Fsp3) is 0.278. The standard InChI is InChI=1S/C18H17N3O4/c22-16(23)10-21-9-14(12-3-6-25-11-12)18(24)17-15(21)7-13(8-19-17)20-4-1-2-5-20/h3,6-9,11H,1-2,4-5,10H2,(H,22,23). The van der Waals surface area contributed by atoms with E-state index in [1.807, 2.05) is 6.07 Å². The number of carboxylic acid groups (broad SMARTS) is 1. The molecular formula is C18H17N3O4. The molecule has 4 rings (SSSR count). The van der Waals surface area contributed by atoms with Crippen LogP contribution in [0.5, 0.6) is 0 Å². The SMILES string of the molecule is O=C(O)Cn1cc(-c2ccoc2)c(=O)c2ncc(N3CCCC3)cc21. The first kappa shape index (κ1) is 15.4. The molecule has 1 saturated heterocycles. The van der Waals surface area contributed by atoms with Crippen LogP contribution in [0.1, 0.15) is 12.8 Å². The van der Waals surface area contributed by atoms with E-state index in [4.69, 9.17) is 4.42 Å². The Morgan fingerprint density at radius 1 is 1.32 bits per heavy atom. The average molecular weight is 339 g/mol. The Kier molecular flexibility index (Phi) is 3.76. The smallest absolute Gasteiger partial charge is 0.323 e. The molecule has 0 aromatic carbocycles. The lowest BCUT2D eigenvalue weighted by atomic mass is 10.1. The van der Waals surface area contributed by atoms with Crippen molar-refractivity contribution in [2.75, 3.05) is 18.0 Å². The molecule has 1 fully saturated rings. The molecule has 7 nitrogen and oxygen atoms in total. The maximum absolute atomic E-state index is 12.8. The van der Waals surface area contributed by atoms with Crippen LogP contribution in [0, 0.1) is 0 Å². The maximum Gasteiger partial charge on any atom is 0.323 e. The zero-order valence-electron chi connectivity index (χ0n) is 13.5. The molecule has 1 aliphatic rings. The fourth-order valence-corrected chi connectivity index (χ4v) is 3.30. The first-order valence-corrected chi connectivity index (χ1v) is 8.16. The number of rotatable bonds is 4. The molecule has 0 aliphatic carbocycles. The van der Waals surface area contributed by atoms with Crippen LogP contribution in [0.4, 0.5) is 5.69 Å². The van der Waals surface area contributed by atoms with Gasteiger partial charge in [-0.1, -0.05) is 0 Å². The number of fused-ring (bicyclic) bond motifs is 1.